The normalized spacial score (nSPS) is 12.2. The molecular weight excluding hydrogens is 321 g/mol. The summed E-state index contributed by atoms with van der Waals surface area (Å²) in [7, 11) is 0. The van der Waals surface area contributed by atoms with Crippen LogP contribution in [0.5, 0.6) is 0 Å². The number of carbonyl (C=O) groups is 1. The van der Waals surface area contributed by atoms with Gasteiger partial charge in [-0.1, -0.05) is 40.9 Å². The van der Waals surface area contributed by atoms with Crippen molar-refractivity contribution in [2.75, 3.05) is 5.32 Å². The third-order valence-corrected chi connectivity index (χ3v) is 3.94. The van der Waals surface area contributed by atoms with Crippen molar-refractivity contribution in [3.05, 3.63) is 45.2 Å². The van der Waals surface area contributed by atoms with Crippen LogP contribution in [0.2, 0.25) is 15.1 Å². The Bertz CT molecular complexity index is 634. The van der Waals surface area contributed by atoms with Crippen molar-refractivity contribution >= 4 is 46.4 Å². The predicted molar refractivity (Wildman–Crippen MR) is 81.8 cm³/mol. The van der Waals surface area contributed by atoms with Crippen LogP contribution in [0, 0.1) is 6.92 Å². The monoisotopic (exact) mass is 331 g/mol. The van der Waals surface area contributed by atoms with Crippen molar-refractivity contribution in [3.63, 3.8) is 0 Å². The molecule has 0 aliphatic rings. The third kappa shape index (κ3) is 2.92. The fourth-order valence-corrected chi connectivity index (χ4v) is 2.37. The summed E-state index contributed by atoms with van der Waals surface area (Å²) in [4.78, 5) is 12.2. The van der Waals surface area contributed by atoms with Gasteiger partial charge in [-0.15, -0.1) is 0 Å². The molecule has 1 unspecified atom stereocenters. The summed E-state index contributed by atoms with van der Waals surface area (Å²) in [5.41, 5.74) is 1.11. The molecule has 20 heavy (non-hydrogen) atoms. The molecule has 0 spiro atoms. The Balaban J connectivity index is 2.22. The second-order valence-electron chi connectivity index (χ2n) is 4.28. The quantitative estimate of drug-likeness (QED) is 0.908. The Morgan fingerprint density at radius 2 is 1.85 bits per heavy atom. The number of hydrogen-bond acceptors (Lipinski definition) is 2. The number of benzene rings is 1. The topological polar surface area (TPSA) is 46.9 Å². The number of carbonyl (C=O) groups excluding carboxylic acids is 1. The van der Waals surface area contributed by atoms with E-state index < -0.39 is 6.04 Å². The van der Waals surface area contributed by atoms with Gasteiger partial charge in [0.25, 0.3) is 0 Å². The van der Waals surface area contributed by atoms with Crippen LogP contribution in [0.15, 0.2) is 24.4 Å². The number of rotatable bonds is 3. The van der Waals surface area contributed by atoms with Gasteiger partial charge in [0.15, 0.2) is 0 Å². The average molecular weight is 333 g/mol. The van der Waals surface area contributed by atoms with Crippen molar-refractivity contribution in [2.24, 2.45) is 0 Å². The fourth-order valence-electron chi connectivity index (χ4n) is 1.75. The molecule has 4 nitrogen and oxygen atoms in total. The van der Waals surface area contributed by atoms with Crippen LogP contribution < -0.4 is 5.32 Å². The zero-order valence-electron chi connectivity index (χ0n) is 10.8. The van der Waals surface area contributed by atoms with E-state index in [4.69, 9.17) is 34.8 Å². The number of nitrogens with zero attached hydrogens (tertiary/aromatic N) is 2. The molecule has 106 valence electrons. The molecule has 0 fully saturated rings. The van der Waals surface area contributed by atoms with Gasteiger partial charge in [-0.2, -0.15) is 5.10 Å². The lowest BCUT2D eigenvalue weighted by molar-refractivity contribution is -0.119. The zero-order chi connectivity index (χ0) is 14.9. The number of halogens is 3. The summed E-state index contributed by atoms with van der Waals surface area (Å²) >= 11 is 18.0. The SMILES string of the molecule is Cc1c(Cl)cnn1C(C)C(=O)Nc1c(Cl)cccc1Cl. The van der Waals surface area contributed by atoms with Gasteiger partial charge in [-0.05, 0) is 26.0 Å². The van der Waals surface area contributed by atoms with Gasteiger partial charge in [-0.3, -0.25) is 9.48 Å². The van der Waals surface area contributed by atoms with Crippen LogP contribution in [-0.4, -0.2) is 15.7 Å². The predicted octanol–water partition coefficient (Wildman–Crippen LogP) is 4.35. The van der Waals surface area contributed by atoms with Gasteiger partial charge in [0.1, 0.15) is 6.04 Å². The van der Waals surface area contributed by atoms with Crippen LogP contribution in [0.25, 0.3) is 0 Å². The molecule has 1 aromatic heterocycles. The van der Waals surface area contributed by atoms with Crippen LogP contribution in [0.3, 0.4) is 0 Å². The molecule has 1 aromatic carbocycles. The molecule has 2 aromatic rings. The third-order valence-electron chi connectivity index (χ3n) is 2.94. The summed E-state index contributed by atoms with van der Waals surface area (Å²) in [6.45, 7) is 3.51. The highest BCUT2D eigenvalue weighted by Crippen LogP contribution is 2.30. The fraction of sp³-hybridized carbons (Fsp3) is 0.231. The Hall–Kier alpha value is -1.23. The first-order valence-corrected chi connectivity index (χ1v) is 6.99. The Kier molecular flexibility index (Phi) is 4.58. The Morgan fingerprint density at radius 1 is 1.25 bits per heavy atom. The summed E-state index contributed by atoms with van der Waals surface area (Å²) in [5.74, 6) is -0.275. The summed E-state index contributed by atoms with van der Waals surface area (Å²) < 4.78 is 1.54. The van der Waals surface area contributed by atoms with E-state index in [2.05, 4.69) is 10.4 Å². The average Bonchev–Trinajstić information content (AvgIpc) is 2.73. The second-order valence-corrected chi connectivity index (χ2v) is 5.51. The van der Waals surface area contributed by atoms with Gasteiger partial charge in [-0.25, -0.2) is 0 Å². The minimum Gasteiger partial charge on any atom is -0.322 e. The summed E-state index contributed by atoms with van der Waals surface area (Å²) in [5, 5.41) is 8.07. The van der Waals surface area contributed by atoms with E-state index in [1.54, 1.807) is 36.7 Å². The minimum atomic E-state index is -0.533. The lowest BCUT2D eigenvalue weighted by atomic mass is 10.2. The standard InChI is InChI=1S/C13H12Cl3N3O/c1-7-11(16)6-17-19(7)8(2)13(20)18-12-9(14)4-3-5-10(12)15/h3-6,8H,1-2H3,(H,18,20). The van der Waals surface area contributed by atoms with Crippen molar-refractivity contribution in [3.8, 4) is 0 Å². The zero-order valence-corrected chi connectivity index (χ0v) is 13.1. The van der Waals surface area contributed by atoms with Gasteiger partial charge in [0, 0.05) is 0 Å². The maximum Gasteiger partial charge on any atom is 0.249 e. The van der Waals surface area contributed by atoms with E-state index >= 15 is 0 Å². The van der Waals surface area contributed by atoms with Gasteiger partial charge in [0.05, 0.1) is 32.6 Å². The summed E-state index contributed by atoms with van der Waals surface area (Å²) in [6, 6.07) is 4.49. The molecule has 0 radical (unpaired) electrons. The minimum absolute atomic E-state index is 0.275. The second kappa shape index (κ2) is 6.04. The molecule has 2 rings (SSSR count). The highest BCUT2D eigenvalue weighted by molar-refractivity contribution is 6.39. The number of amides is 1. The molecule has 0 aliphatic carbocycles. The maximum atomic E-state index is 12.2. The van der Waals surface area contributed by atoms with Gasteiger partial charge < -0.3 is 5.32 Å². The number of para-hydroxylation sites is 1. The molecule has 1 N–H and O–H groups in total. The largest absolute Gasteiger partial charge is 0.322 e. The Labute approximate surface area is 131 Å². The number of anilines is 1. The van der Waals surface area contributed by atoms with Crippen LogP contribution in [-0.2, 0) is 4.79 Å². The Morgan fingerprint density at radius 3 is 2.35 bits per heavy atom. The molecule has 1 amide bonds. The number of hydrogen-bond donors (Lipinski definition) is 1. The van der Waals surface area contributed by atoms with E-state index in [0.29, 0.717) is 20.8 Å². The highest BCUT2D eigenvalue weighted by Gasteiger charge is 2.20. The van der Waals surface area contributed by atoms with E-state index in [-0.39, 0.29) is 5.91 Å². The van der Waals surface area contributed by atoms with E-state index in [1.165, 1.54) is 6.20 Å². The maximum absolute atomic E-state index is 12.2. The van der Waals surface area contributed by atoms with Crippen LogP contribution >= 0.6 is 34.8 Å². The molecular formula is C13H12Cl3N3O. The summed E-state index contributed by atoms with van der Waals surface area (Å²) in [6.07, 6.45) is 1.50. The van der Waals surface area contributed by atoms with Crippen molar-refractivity contribution in [2.45, 2.75) is 19.9 Å². The van der Waals surface area contributed by atoms with Gasteiger partial charge >= 0.3 is 0 Å². The molecule has 0 saturated carbocycles. The first-order valence-electron chi connectivity index (χ1n) is 5.86. The molecule has 0 bridgehead atoms. The lowest BCUT2D eigenvalue weighted by Crippen LogP contribution is -2.25. The molecule has 0 saturated heterocycles. The van der Waals surface area contributed by atoms with Crippen LogP contribution in [0.1, 0.15) is 18.7 Å². The van der Waals surface area contributed by atoms with Crippen molar-refractivity contribution in [1.29, 1.82) is 0 Å². The smallest absolute Gasteiger partial charge is 0.249 e. The molecule has 1 atom stereocenters. The highest BCUT2D eigenvalue weighted by atomic mass is 35.5. The number of nitrogens with one attached hydrogen (secondary N) is 1. The first kappa shape index (κ1) is 15.2. The molecule has 1 heterocycles. The van der Waals surface area contributed by atoms with Crippen molar-refractivity contribution in [1.82, 2.24) is 9.78 Å². The van der Waals surface area contributed by atoms with E-state index in [1.807, 2.05) is 0 Å². The first-order chi connectivity index (χ1) is 9.41. The van der Waals surface area contributed by atoms with Crippen LogP contribution in [0.4, 0.5) is 5.69 Å². The number of aromatic nitrogens is 2. The molecule has 7 heteroatoms. The van der Waals surface area contributed by atoms with Gasteiger partial charge in [0.2, 0.25) is 5.91 Å². The van der Waals surface area contributed by atoms with Crippen molar-refractivity contribution < 1.29 is 4.79 Å². The van der Waals surface area contributed by atoms with E-state index in [0.717, 1.165) is 5.69 Å². The van der Waals surface area contributed by atoms with E-state index in [9.17, 15) is 4.79 Å². The lowest BCUT2D eigenvalue weighted by Gasteiger charge is -2.16. The molecule has 0 aliphatic heterocycles.